The van der Waals surface area contributed by atoms with Crippen molar-refractivity contribution in [3.05, 3.63) is 39.9 Å². The third-order valence-electron chi connectivity index (χ3n) is 4.36. The molecule has 0 aliphatic carbocycles. The first kappa shape index (κ1) is 15.8. The summed E-state index contributed by atoms with van der Waals surface area (Å²) < 4.78 is 0. The summed E-state index contributed by atoms with van der Waals surface area (Å²) in [6, 6.07) is 6.12. The highest BCUT2D eigenvalue weighted by Crippen LogP contribution is 2.41. The standard InChI is InChI=1S/C15H15N5O4/c1-7-11(14(21)18-16-7)13(12-8(2)17-19-15(12)22)9-5-3-4-6-10(9)20(23)24/h3-6,11-13H,1-2H3,(H,18,21)(H,19,22)/t11-,12+,13?. The molecule has 9 nitrogen and oxygen atoms in total. The van der Waals surface area contributed by atoms with E-state index in [9.17, 15) is 19.7 Å². The summed E-state index contributed by atoms with van der Waals surface area (Å²) in [7, 11) is 0. The second-order valence-electron chi connectivity index (χ2n) is 5.76. The van der Waals surface area contributed by atoms with Crippen LogP contribution in [-0.4, -0.2) is 28.2 Å². The van der Waals surface area contributed by atoms with E-state index in [2.05, 4.69) is 21.1 Å². The van der Waals surface area contributed by atoms with Crippen LogP contribution < -0.4 is 10.9 Å². The molecule has 0 bridgehead atoms. The van der Waals surface area contributed by atoms with Crippen LogP contribution in [0.2, 0.25) is 0 Å². The van der Waals surface area contributed by atoms with Crippen molar-refractivity contribution in [1.82, 2.24) is 10.9 Å². The van der Waals surface area contributed by atoms with Crippen LogP contribution in [-0.2, 0) is 9.59 Å². The molecule has 24 heavy (non-hydrogen) atoms. The summed E-state index contributed by atoms with van der Waals surface area (Å²) in [5.41, 5.74) is 5.90. The van der Waals surface area contributed by atoms with Gasteiger partial charge in [-0.1, -0.05) is 18.2 Å². The van der Waals surface area contributed by atoms with Crippen LogP contribution in [0.25, 0.3) is 0 Å². The number of benzene rings is 1. The highest BCUT2D eigenvalue weighted by atomic mass is 16.6. The van der Waals surface area contributed by atoms with Gasteiger partial charge in [0.1, 0.15) is 0 Å². The summed E-state index contributed by atoms with van der Waals surface area (Å²) in [6.45, 7) is 3.31. The normalized spacial score (nSPS) is 24.1. The topological polar surface area (TPSA) is 126 Å². The van der Waals surface area contributed by atoms with Crippen molar-refractivity contribution in [2.75, 3.05) is 0 Å². The fraction of sp³-hybridized carbons (Fsp3) is 0.333. The zero-order chi connectivity index (χ0) is 17.4. The van der Waals surface area contributed by atoms with E-state index in [1.165, 1.54) is 6.07 Å². The maximum Gasteiger partial charge on any atom is 0.272 e. The smallest absolute Gasteiger partial charge is 0.272 e. The van der Waals surface area contributed by atoms with Crippen LogP contribution in [0, 0.1) is 22.0 Å². The zero-order valence-corrected chi connectivity index (χ0v) is 13.0. The number of rotatable bonds is 4. The van der Waals surface area contributed by atoms with Gasteiger partial charge in [-0.25, -0.2) is 10.9 Å². The molecular formula is C15H15N5O4. The van der Waals surface area contributed by atoms with Gasteiger partial charge in [-0.05, 0) is 13.8 Å². The Kier molecular flexibility index (Phi) is 3.84. The van der Waals surface area contributed by atoms with Crippen molar-refractivity contribution in [2.45, 2.75) is 19.8 Å². The second kappa shape index (κ2) is 5.84. The van der Waals surface area contributed by atoms with Gasteiger partial charge in [0.2, 0.25) is 11.8 Å². The van der Waals surface area contributed by atoms with Gasteiger partial charge in [0.25, 0.3) is 5.69 Å². The van der Waals surface area contributed by atoms with Gasteiger partial charge in [-0.2, -0.15) is 10.2 Å². The molecule has 1 aromatic rings. The first-order chi connectivity index (χ1) is 11.4. The number of hydrogen-bond donors (Lipinski definition) is 2. The quantitative estimate of drug-likeness (QED) is 0.629. The summed E-state index contributed by atoms with van der Waals surface area (Å²) >= 11 is 0. The van der Waals surface area contributed by atoms with E-state index in [0.29, 0.717) is 17.0 Å². The minimum absolute atomic E-state index is 0.137. The van der Waals surface area contributed by atoms with Crippen LogP contribution >= 0.6 is 0 Å². The van der Waals surface area contributed by atoms with Crippen LogP contribution in [0.4, 0.5) is 5.69 Å². The monoisotopic (exact) mass is 329 g/mol. The lowest BCUT2D eigenvalue weighted by atomic mass is 9.72. The minimum Gasteiger partial charge on any atom is -0.272 e. The van der Waals surface area contributed by atoms with Crippen LogP contribution in [0.3, 0.4) is 0 Å². The van der Waals surface area contributed by atoms with E-state index in [1.807, 2.05) is 0 Å². The molecule has 3 atom stereocenters. The fourth-order valence-corrected chi connectivity index (χ4v) is 3.28. The van der Waals surface area contributed by atoms with Gasteiger partial charge in [0.15, 0.2) is 0 Å². The van der Waals surface area contributed by atoms with E-state index >= 15 is 0 Å². The third-order valence-corrected chi connectivity index (χ3v) is 4.36. The third kappa shape index (κ3) is 2.43. The van der Waals surface area contributed by atoms with Gasteiger partial charge in [0.05, 0.1) is 16.8 Å². The maximum absolute atomic E-state index is 12.3. The number of nitro groups is 1. The Morgan fingerprint density at radius 3 is 1.96 bits per heavy atom. The molecule has 1 aromatic carbocycles. The number of nitrogens with one attached hydrogen (secondary N) is 2. The lowest BCUT2D eigenvalue weighted by molar-refractivity contribution is -0.385. The summed E-state index contributed by atoms with van der Waals surface area (Å²) in [5.74, 6) is -3.08. The van der Waals surface area contributed by atoms with Crippen molar-refractivity contribution >= 4 is 28.9 Å². The van der Waals surface area contributed by atoms with Crippen molar-refractivity contribution in [3.63, 3.8) is 0 Å². The van der Waals surface area contributed by atoms with E-state index in [1.54, 1.807) is 32.0 Å². The number of hydrogen-bond acceptors (Lipinski definition) is 6. The Morgan fingerprint density at radius 2 is 1.54 bits per heavy atom. The number of amides is 2. The average Bonchev–Trinajstić information content (AvgIpc) is 3.05. The average molecular weight is 329 g/mol. The van der Waals surface area contributed by atoms with Gasteiger partial charge in [-0.3, -0.25) is 19.7 Å². The maximum atomic E-state index is 12.3. The Labute approximate surface area is 137 Å². The summed E-state index contributed by atoms with van der Waals surface area (Å²) in [5, 5.41) is 19.3. The number of carbonyl (C=O) groups is 2. The van der Waals surface area contributed by atoms with E-state index in [-0.39, 0.29) is 17.5 Å². The molecule has 0 saturated heterocycles. The molecule has 9 heteroatoms. The van der Waals surface area contributed by atoms with E-state index in [0.717, 1.165) is 0 Å². The van der Waals surface area contributed by atoms with Crippen molar-refractivity contribution < 1.29 is 14.5 Å². The molecule has 3 rings (SSSR count). The summed E-state index contributed by atoms with van der Waals surface area (Å²) in [6.07, 6.45) is 0. The molecular weight excluding hydrogens is 314 g/mol. The van der Waals surface area contributed by atoms with Gasteiger partial charge >= 0.3 is 0 Å². The number of hydrazone groups is 2. The Hall–Kier alpha value is -3.10. The number of nitro benzene ring substituents is 1. The Bertz CT molecular complexity index is 763. The lowest BCUT2D eigenvalue weighted by Gasteiger charge is -2.26. The molecule has 0 fully saturated rings. The molecule has 0 radical (unpaired) electrons. The van der Waals surface area contributed by atoms with Crippen molar-refractivity contribution in [1.29, 1.82) is 0 Å². The molecule has 0 aromatic heterocycles. The minimum atomic E-state index is -0.773. The number of para-hydroxylation sites is 1. The fourth-order valence-electron chi connectivity index (χ4n) is 3.28. The molecule has 0 spiro atoms. The molecule has 2 aliphatic heterocycles. The molecule has 2 amide bonds. The highest BCUT2D eigenvalue weighted by molar-refractivity contribution is 6.12. The first-order valence-corrected chi connectivity index (χ1v) is 7.33. The van der Waals surface area contributed by atoms with E-state index < -0.39 is 22.7 Å². The molecule has 124 valence electrons. The molecule has 2 N–H and O–H groups in total. The second-order valence-corrected chi connectivity index (χ2v) is 5.76. The largest absolute Gasteiger partial charge is 0.272 e. The molecule has 0 saturated carbocycles. The predicted molar refractivity (Wildman–Crippen MR) is 85.3 cm³/mol. The molecule has 2 heterocycles. The summed E-state index contributed by atoms with van der Waals surface area (Å²) in [4.78, 5) is 35.5. The molecule has 1 unspecified atom stereocenters. The van der Waals surface area contributed by atoms with Crippen LogP contribution in [0.15, 0.2) is 34.5 Å². The van der Waals surface area contributed by atoms with Crippen LogP contribution in [0.5, 0.6) is 0 Å². The van der Waals surface area contributed by atoms with Crippen molar-refractivity contribution in [3.8, 4) is 0 Å². The van der Waals surface area contributed by atoms with E-state index in [4.69, 9.17) is 0 Å². The zero-order valence-electron chi connectivity index (χ0n) is 13.0. The van der Waals surface area contributed by atoms with Gasteiger partial charge < -0.3 is 0 Å². The Morgan fingerprint density at radius 1 is 1.04 bits per heavy atom. The van der Waals surface area contributed by atoms with Gasteiger partial charge in [0, 0.05) is 29.0 Å². The molecule has 2 aliphatic rings. The first-order valence-electron chi connectivity index (χ1n) is 7.33. The predicted octanol–water partition coefficient (Wildman–Crippen LogP) is 0.922. The number of carbonyl (C=O) groups excluding carboxylic acids is 2. The van der Waals surface area contributed by atoms with Crippen LogP contribution in [0.1, 0.15) is 25.3 Å². The number of nitrogens with zero attached hydrogens (tertiary/aromatic N) is 3. The highest BCUT2D eigenvalue weighted by Gasteiger charge is 2.47. The van der Waals surface area contributed by atoms with Crippen molar-refractivity contribution in [2.24, 2.45) is 22.0 Å². The Balaban J connectivity index is 2.19. The lowest BCUT2D eigenvalue weighted by Crippen LogP contribution is -2.38. The SMILES string of the molecule is CC1=NNC(=O)[C@H]1C(c1ccccc1[N+](=O)[O-])[C@H]1C(=O)NN=C1C. The van der Waals surface area contributed by atoms with Gasteiger partial charge in [-0.15, -0.1) is 0 Å².